The summed E-state index contributed by atoms with van der Waals surface area (Å²) >= 11 is 0. The van der Waals surface area contributed by atoms with Gasteiger partial charge < -0.3 is 19.3 Å². The van der Waals surface area contributed by atoms with Crippen molar-refractivity contribution in [1.29, 1.82) is 0 Å². The normalized spacial score (nSPS) is 29.5. The molecule has 3 aromatic rings. The van der Waals surface area contributed by atoms with Crippen molar-refractivity contribution in [2.75, 3.05) is 40.4 Å². The van der Waals surface area contributed by atoms with E-state index in [0.29, 0.717) is 11.8 Å². The highest BCUT2D eigenvalue weighted by Crippen LogP contribution is 2.49. The zero-order chi connectivity index (χ0) is 34.9. The van der Waals surface area contributed by atoms with E-state index >= 15 is 0 Å². The van der Waals surface area contributed by atoms with E-state index in [0.717, 1.165) is 71.2 Å². The second-order valence-electron chi connectivity index (χ2n) is 17.0. The predicted octanol–water partition coefficient (Wildman–Crippen LogP) is 9.67. The Bertz CT molecular complexity index is 1640. The number of rotatable bonds is 8. The summed E-state index contributed by atoms with van der Waals surface area (Å²) in [6.45, 7) is 7.12. The third-order valence-corrected chi connectivity index (χ3v) is 14.2. The Kier molecular flexibility index (Phi) is 10.6. The SMILES string of the molecule is COc1ccc(C(=O)c2ccccc2)cc1C1CCN([C@H]2C[C@H]3CC[C@H]2C3)CC1.COc1ccc(C)cc1C1CCN(C2C[C@H]3CC[C@H]2C3)CC1. The molecule has 1 unspecified atom stereocenters. The lowest BCUT2D eigenvalue weighted by Gasteiger charge is -2.40. The van der Waals surface area contributed by atoms with Crippen LogP contribution in [0.4, 0.5) is 0 Å². The van der Waals surface area contributed by atoms with Crippen LogP contribution in [0.1, 0.15) is 121 Å². The smallest absolute Gasteiger partial charge is 0.193 e. The zero-order valence-corrected chi connectivity index (χ0v) is 31.4. The molecule has 3 aromatic carbocycles. The number of carbonyl (C=O) groups is 1. The Labute approximate surface area is 307 Å². The highest BCUT2D eigenvalue weighted by atomic mass is 16.5. The number of nitrogens with zero attached hydrogens (tertiary/aromatic N) is 2. The fraction of sp³-hybridized carbons (Fsp3) is 0.587. The van der Waals surface area contributed by atoms with Gasteiger partial charge in [0.2, 0.25) is 0 Å². The Morgan fingerprint density at radius 1 is 0.569 bits per heavy atom. The van der Waals surface area contributed by atoms with E-state index in [2.05, 4.69) is 41.0 Å². The summed E-state index contributed by atoms with van der Waals surface area (Å²) in [6, 6.07) is 23.9. The molecule has 0 amide bonds. The lowest BCUT2D eigenvalue weighted by molar-refractivity contribution is 0.103. The second-order valence-corrected chi connectivity index (χ2v) is 17.0. The molecule has 0 spiro atoms. The molecule has 6 fully saturated rings. The van der Waals surface area contributed by atoms with Gasteiger partial charge in [-0.1, -0.05) is 60.9 Å². The molecule has 5 heteroatoms. The Morgan fingerprint density at radius 2 is 1.08 bits per heavy atom. The highest BCUT2D eigenvalue weighted by Gasteiger charge is 2.44. The number of carbonyl (C=O) groups excluding carboxylic acids is 1. The molecule has 0 aromatic heterocycles. The first kappa shape index (κ1) is 34.9. The van der Waals surface area contributed by atoms with Crippen LogP contribution in [0.25, 0.3) is 0 Å². The van der Waals surface area contributed by atoms with Crippen LogP contribution in [-0.4, -0.2) is 68.1 Å². The summed E-state index contributed by atoms with van der Waals surface area (Å²) < 4.78 is 11.3. The molecule has 6 atom stereocenters. The van der Waals surface area contributed by atoms with Crippen molar-refractivity contribution >= 4 is 5.78 Å². The summed E-state index contributed by atoms with van der Waals surface area (Å²) in [5.41, 5.74) is 5.51. The van der Waals surface area contributed by atoms with Crippen LogP contribution in [0.2, 0.25) is 0 Å². The van der Waals surface area contributed by atoms with E-state index < -0.39 is 0 Å². The van der Waals surface area contributed by atoms with Crippen LogP contribution in [0.3, 0.4) is 0 Å². The van der Waals surface area contributed by atoms with E-state index in [4.69, 9.17) is 9.47 Å². The van der Waals surface area contributed by atoms with Crippen molar-refractivity contribution in [2.45, 2.75) is 108 Å². The number of methoxy groups -OCH3 is 2. The highest BCUT2D eigenvalue weighted by molar-refractivity contribution is 6.09. The largest absolute Gasteiger partial charge is 0.496 e. The first-order chi connectivity index (χ1) is 25.0. The molecule has 272 valence electrons. The zero-order valence-electron chi connectivity index (χ0n) is 31.4. The van der Waals surface area contributed by atoms with Gasteiger partial charge >= 0.3 is 0 Å². The van der Waals surface area contributed by atoms with Gasteiger partial charge in [-0.15, -0.1) is 0 Å². The van der Waals surface area contributed by atoms with Crippen LogP contribution in [0, 0.1) is 30.6 Å². The summed E-state index contributed by atoms with van der Waals surface area (Å²) in [6.07, 6.45) is 16.8. The van der Waals surface area contributed by atoms with Crippen LogP contribution in [0.5, 0.6) is 11.5 Å². The molecule has 6 aliphatic rings. The van der Waals surface area contributed by atoms with Crippen LogP contribution >= 0.6 is 0 Å². The van der Waals surface area contributed by atoms with Crippen molar-refractivity contribution in [2.24, 2.45) is 23.7 Å². The molecule has 4 aliphatic carbocycles. The van der Waals surface area contributed by atoms with Crippen molar-refractivity contribution in [3.05, 3.63) is 94.5 Å². The van der Waals surface area contributed by atoms with Crippen LogP contribution in [0.15, 0.2) is 66.7 Å². The number of aryl methyl sites for hydroxylation is 1. The molecule has 4 bridgehead atoms. The third-order valence-electron chi connectivity index (χ3n) is 14.2. The molecule has 0 radical (unpaired) electrons. The lowest BCUT2D eigenvalue weighted by atomic mass is 9.85. The van der Waals surface area contributed by atoms with Gasteiger partial charge in [0.1, 0.15) is 11.5 Å². The van der Waals surface area contributed by atoms with Gasteiger partial charge in [0.05, 0.1) is 14.2 Å². The second kappa shape index (κ2) is 15.4. The Hall–Kier alpha value is -3.15. The molecule has 9 rings (SSSR count). The first-order valence-electron chi connectivity index (χ1n) is 20.4. The number of hydrogen-bond donors (Lipinski definition) is 0. The summed E-state index contributed by atoms with van der Waals surface area (Å²) in [7, 11) is 3.54. The number of likely N-dealkylation sites (tertiary alicyclic amines) is 2. The topological polar surface area (TPSA) is 42.0 Å². The summed E-state index contributed by atoms with van der Waals surface area (Å²) in [5, 5.41) is 0. The average molecular weight is 689 g/mol. The van der Waals surface area contributed by atoms with Gasteiger partial charge in [-0.2, -0.15) is 0 Å². The van der Waals surface area contributed by atoms with Crippen LogP contribution in [-0.2, 0) is 0 Å². The van der Waals surface area contributed by atoms with E-state index in [-0.39, 0.29) is 5.78 Å². The molecule has 2 aliphatic heterocycles. The number of ketones is 1. The van der Waals surface area contributed by atoms with E-state index in [9.17, 15) is 4.79 Å². The van der Waals surface area contributed by atoms with Gasteiger partial charge in [0, 0.05) is 23.2 Å². The van der Waals surface area contributed by atoms with E-state index in [1.54, 1.807) is 14.2 Å². The minimum Gasteiger partial charge on any atom is -0.496 e. The molecule has 51 heavy (non-hydrogen) atoms. The number of hydrogen-bond acceptors (Lipinski definition) is 5. The minimum absolute atomic E-state index is 0.0916. The number of fused-ring (bicyclic) bond motifs is 4. The Morgan fingerprint density at radius 3 is 1.55 bits per heavy atom. The van der Waals surface area contributed by atoms with Gasteiger partial charge in [0.25, 0.3) is 0 Å². The monoisotopic (exact) mass is 688 g/mol. The maximum Gasteiger partial charge on any atom is 0.193 e. The third kappa shape index (κ3) is 7.40. The molecular formula is C46H60N2O3. The molecule has 5 nitrogen and oxygen atoms in total. The van der Waals surface area contributed by atoms with Gasteiger partial charge in [-0.05, 0) is 168 Å². The minimum atomic E-state index is 0.0916. The first-order valence-corrected chi connectivity index (χ1v) is 20.4. The fourth-order valence-corrected chi connectivity index (χ4v) is 11.5. The Balaban J connectivity index is 0.000000152. The summed E-state index contributed by atoms with van der Waals surface area (Å²) in [5.74, 6) is 7.31. The lowest BCUT2D eigenvalue weighted by Crippen LogP contribution is -2.43. The number of piperidine rings is 2. The summed E-state index contributed by atoms with van der Waals surface area (Å²) in [4.78, 5) is 18.5. The molecule has 2 heterocycles. The van der Waals surface area contributed by atoms with Gasteiger partial charge in [-0.25, -0.2) is 0 Å². The maximum atomic E-state index is 12.9. The predicted molar refractivity (Wildman–Crippen MR) is 206 cm³/mol. The van der Waals surface area contributed by atoms with E-state index in [1.165, 1.54) is 107 Å². The van der Waals surface area contributed by atoms with Gasteiger partial charge in [0.15, 0.2) is 5.78 Å². The van der Waals surface area contributed by atoms with Crippen molar-refractivity contribution in [1.82, 2.24) is 9.80 Å². The standard InChI is InChI=1S/C26H31NO2.C20H29NO/c1-29-25-10-9-22(26(28)20-5-3-2-4-6-20)17-23(25)19-11-13-27(14-12-19)24-16-18-7-8-21(24)15-18;1-14-3-6-20(22-2)18(11-14)16-7-9-21(10-8-16)19-13-15-4-5-17(19)12-15/h2-6,9-10,17-19,21,24H,7-8,11-16H2,1H3;3,6,11,15-17,19H,4-5,7-10,12-13H2,1-2H3/t18-,21-,24-;15-,17-,19?/m00/s1. The van der Waals surface area contributed by atoms with Crippen LogP contribution < -0.4 is 9.47 Å². The number of ether oxygens (including phenoxy) is 2. The van der Waals surface area contributed by atoms with E-state index in [1.807, 2.05) is 42.5 Å². The van der Waals surface area contributed by atoms with Crippen molar-refractivity contribution in [3.63, 3.8) is 0 Å². The average Bonchev–Trinajstić information content (AvgIpc) is 4.02. The maximum absolute atomic E-state index is 12.9. The number of benzene rings is 3. The van der Waals surface area contributed by atoms with Crippen molar-refractivity contribution < 1.29 is 14.3 Å². The van der Waals surface area contributed by atoms with Gasteiger partial charge in [-0.3, -0.25) is 4.79 Å². The quantitative estimate of drug-likeness (QED) is 0.221. The molecule has 0 N–H and O–H groups in total. The fourth-order valence-electron chi connectivity index (χ4n) is 11.5. The molecular weight excluding hydrogens is 629 g/mol. The molecule has 4 saturated carbocycles. The molecule has 2 saturated heterocycles. The van der Waals surface area contributed by atoms with Crippen molar-refractivity contribution in [3.8, 4) is 11.5 Å².